The molecule has 0 unspecified atom stereocenters. The molecule has 21 heavy (non-hydrogen) atoms. The van der Waals surface area contributed by atoms with Gasteiger partial charge in [0.25, 0.3) is 0 Å². The average molecular weight is 380 g/mol. The standard InChI is InChI=1S/C16H14Cl4S/c17-15(18)13-7-3-1-5-11(13)9-21-10-12-6-2-4-8-14(12)16(19)20/h1-8,15-16H,9-10H2. The summed E-state index contributed by atoms with van der Waals surface area (Å²) in [6, 6.07) is 15.9. The zero-order valence-corrected chi connectivity index (χ0v) is 14.9. The van der Waals surface area contributed by atoms with Crippen molar-refractivity contribution in [1.82, 2.24) is 0 Å². The van der Waals surface area contributed by atoms with Gasteiger partial charge >= 0.3 is 0 Å². The minimum atomic E-state index is -0.496. The van der Waals surface area contributed by atoms with Gasteiger partial charge in [-0.1, -0.05) is 48.5 Å². The molecule has 112 valence electrons. The van der Waals surface area contributed by atoms with Gasteiger partial charge in [-0.25, -0.2) is 0 Å². The zero-order valence-electron chi connectivity index (χ0n) is 11.1. The minimum Gasteiger partial charge on any atom is -0.152 e. The van der Waals surface area contributed by atoms with Gasteiger partial charge in [-0.3, -0.25) is 0 Å². The molecule has 0 fully saturated rings. The van der Waals surface area contributed by atoms with Gasteiger partial charge in [-0.15, -0.1) is 46.4 Å². The van der Waals surface area contributed by atoms with Gasteiger partial charge in [0.1, 0.15) is 9.67 Å². The van der Waals surface area contributed by atoms with Crippen molar-refractivity contribution in [3.63, 3.8) is 0 Å². The number of benzene rings is 2. The lowest BCUT2D eigenvalue weighted by molar-refractivity contribution is 1.22. The van der Waals surface area contributed by atoms with Crippen LogP contribution in [0, 0.1) is 0 Å². The van der Waals surface area contributed by atoms with Gasteiger partial charge in [-0.2, -0.15) is 11.8 Å². The molecule has 2 aromatic rings. The van der Waals surface area contributed by atoms with E-state index in [0.717, 1.165) is 33.8 Å². The maximum Gasteiger partial charge on any atom is 0.133 e. The molecule has 0 bridgehead atoms. The van der Waals surface area contributed by atoms with E-state index in [0.29, 0.717) is 0 Å². The summed E-state index contributed by atoms with van der Waals surface area (Å²) in [4.78, 5) is -0.992. The summed E-state index contributed by atoms with van der Waals surface area (Å²) in [5.74, 6) is 1.69. The van der Waals surface area contributed by atoms with Gasteiger partial charge in [-0.05, 0) is 22.3 Å². The Kier molecular flexibility index (Phi) is 7.04. The van der Waals surface area contributed by atoms with Crippen LogP contribution in [-0.4, -0.2) is 0 Å². The van der Waals surface area contributed by atoms with E-state index in [4.69, 9.17) is 46.4 Å². The second-order valence-electron chi connectivity index (χ2n) is 4.49. The number of alkyl halides is 4. The van der Waals surface area contributed by atoms with E-state index in [1.165, 1.54) is 0 Å². The molecule has 0 aliphatic carbocycles. The Hall–Kier alpha value is -0.0500. The van der Waals surface area contributed by atoms with Crippen molar-refractivity contribution in [2.75, 3.05) is 0 Å². The van der Waals surface area contributed by atoms with E-state index < -0.39 is 9.67 Å². The summed E-state index contributed by atoms with van der Waals surface area (Å²) in [6.07, 6.45) is 0. The Balaban J connectivity index is 2.03. The van der Waals surface area contributed by atoms with E-state index in [1.54, 1.807) is 11.8 Å². The number of rotatable bonds is 6. The lowest BCUT2D eigenvalue weighted by Crippen LogP contribution is -1.94. The van der Waals surface area contributed by atoms with E-state index in [9.17, 15) is 0 Å². The molecule has 0 amide bonds. The first kappa shape index (κ1) is 17.3. The van der Waals surface area contributed by atoms with Crippen LogP contribution in [-0.2, 0) is 11.5 Å². The van der Waals surface area contributed by atoms with Crippen LogP contribution in [0.25, 0.3) is 0 Å². The summed E-state index contributed by atoms with van der Waals surface area (Å²) >= 11 is 25.8. The van der Waals surface area contributed by atoms with Gasteiger partial charge in [0.2, 0.25) is 0 Å². The molecule has 0 nitrogen and oxygen atoms in total. The van der Waals surface area contributed by atoms with E-state index in [-0.39, 0.29) is 0 Å². The molecule has 0 aliphatic heterocycles. The summed E-state index contributed by atoms with van der Waals surface area (Å²) in [5.41, 5.74) is 4.25. The lowest BCUT2D eigenvalue weighted by Gasteiger charge is -2.12. The Bertz CT molecular complexity index is 532. The number of thioether (sulfide) groups is 1. The van der Waals surface area contributed by atoms with Crippen LogP contribution in [0.2, 0.25) is 0 Å². The fourth-order valence-corrected chi connectivity index (χ4v) is 3.95. The molecule has 0 saturated carbocycles. The molecular weight excluding hydrogens is 366 g/mol. The smallest absolute Gasteiger partial charge is 0.133 e. The van der Waals surface area contributed by atoms with Crippen LogP contribution in [0.15, 0.2) is 48.5 Å². The topological polar surface area (TPSA) is 0 Å². The summed E-state index contributed by atoms with van der Waals surface area (Å²) in [5, 5.41) is 0. The maximum absolute atomic E-state index is 5.99. The molecular formula is C16H14Cl4S. The molecule has 0 spiro atoms. The van der Waals surface area contributed by atoms with Gasteiger partial charge in [0.05, 0.1) is 0 Å². The molecule has 5 heteroatoms. The summed E-state index contributed by atoms with van der Waals surface area (Å²) in [6.45, 7) is 0. The van der Waals surface area contributed by atoms with Crippen molar-refractivity contribution in [3.8, 4) is 0 Å². The van der Waals surface area contributed by atoms with E-state index in [1.807, 2.05) is 36.4 Å². The fourth-order valence-electron chi connectivity index (χ4n) is 2.03. The van der Waals surface area contributed by atoms with Crippen molar-refractivity contribution < 1.29 is 0 Å². The number of hydrogen-bond donors (Lipinski definition) is 0. The largest absolute Gasteiger partial charge is 0.152 e. The number of halogens is 4. The normalized spacial score (nSPS) is 11.3. The third-order valence-corrected chi connectivity index (χ3v) is 5.07. The van der Waals surface area contributed by atoms with Crippen molar-refractivity contribution in [3.05, 3.63) is 70.8 Å². The molecule has 0 N–H and O–H groups in total. The molecule has 2 aromatic carbocycles. The van der Waals surface area contributed by atoms with Gasteiger partial charge < -0.3 is 0 Å². The van der Waals surface area contributed by atoms with E-state index in [2.05, 4.69) is 12.1 Å². The predicted molar refractivity (Wildman–Crippen MR) is 96.8 cm³/mol. The van der Waals surface area contributed by atoms with E-state index >= 15 is 0 Å². The minimum absolute atomic E-state index is 0.496. The van der Waals surface area contributed by atoms with Crippen molar-refractivity contribution in [2.45, 2.75) is 21.2 Å². The summed E-state index contributed by atoms with van der Waals surface area (Å²) in [7, 11) is 0. The second kappa shape index (κ2) is 8.55. The third kappa shape index (κ3) is 4.97. The predicted octanol–water partition coefficient (Wildman–Crippen LogP) is 7.07. The Morgan fingerprint density at radius 2 is 1.05 bits per heavy atom. The molecule has 0 radical (unpaired) electrons. The Labute approximate surface area is 149 Å². The highest BCUT2D eigenvalue weighted by atomic mass is 35.5. The SMILES string of the molecule is ClC(Cl)c1ccccc1CSCc1ccccc1C(Cl)Cl. The fraction of sp³-hybridized carbons (Fsp3) is 0.250. The third-order valence-electron chi connectivity index (χ3n) is 3.10. The van der Waals surface area contributed by atoms with Gasteiger partial charge in [0, 0.05) is 11.5 Å². The molecule has 0 aromatic heterocycles. The second-order valence-corrected chi connectivity index (χ2v) is 7.67. The summed E-state index contributed by atoms with van der Waals surface area (Å²) < 4.78 is 0. The monoisotopic (exact) mass is 378 g/mol. The highest BCUT2D eigenvalue weighted by Gasteiger charge is 2.11. The first-order chi connectivity index (χ1) is 10.1. The highest BCUT2D eigenvalue weighted by molar-refractivity contribution is 7.97. The maximum atomic E-state index is 5.99. The van der Waals surface area contributed by atoms with Gasteiger partial charge in [0.15, 0.2) is 0 Å². The lowest BCUT2D eigenvalue weighted by atomic mass is 10.1. The van der Waals surface area contributed by atoms with Crippen LogP contribution < -0.4 is 0 Å². The van der Waals surface area contributed by atoms with Crippen molar-refractivity contribution in [2.24, 2.45) is 0 Å². The Morgan fingerprint density at radius 1 is 0.667 bits per heavy atom. The van der Waals surface area contributed by atoms with Crippen LogP contribution in [0.1, 0.15) is 31.9 Å². The zero-order chi connectivity index (χ0) is 15.2. The highest BCUT2D eigenvalue weighted by Crippen LogP contribution is 2.33. The van der Waals surface area contributed by atoms with Crippen molar-refractivity contribution in [1.29, 1.82) is 0 Å². The van der Waals surface area contributed by atoms with Crippen LogP contribution in [0.5, 0.6) is 0 Å². The van der Waals surface area contributed by atoms with Crippen molar-refractivity contribution >= 4 is 58.2 Å². The van der Waals surface area contributed by atoms with Crippen LogP contribution >= 0.6 is 58.2 Å². The first-order valence-electron chi connectivity index (χ1n) is 6.39. The number of hydrogen-bond acceptors (Lipinski definition) is 1. The molecule has 0 heterocycles. The molecule has 0 aliphatic rings. The average Bonchev–Trinajstić information content (AvgIpc) is 2.48. The molecule has 0 saturated heterocycles. The van der Waals surface area contributed by atoms with Crippen LogP contribution in [0.3, 0.4) is 0 Å². The quantitative estimate of drug-likeness (QED) is 0.483. The Morgan fingerprint density at radius 3 is 1.43 bits per heavy atom. The van der Waals surface area contributed by atoms with Crippen LogP contribution in [0.4, 0.5) is 0 Å². The molecule has 2 rings (SSSR count). The first-order valence-corrected chi connectivity index (χ1v) is 9.29. The molecule has 0 atom stereocenters.